The van der Waals surface area contributed by atoms with Crippen LogP contribution in [0.5, 0.6) is 0 Å². The molecule has 0 radical (unpaired) electrons. The number of nitrogens with zero attached hydrogens (tertiary/aromatic N) is 2. The number of ether oxygens (including phenoxy) is 2. The van der Waals surface area contributed by atoms with Crippen molar-refractivity contribution >= 4 is 11.9 Å². The summed E-state index contributed by atoms with van der Waals surface area (Å²) in [5, 5.41) is 41.1. The molecule has 10 heteroatoms. The molecule has 4 N–H and O–H groups in total. The minimum absolute atomic E-state index is 0.0706. The van der Waals surface area contributed by atoms with Gasteiger partial charge in [0.1, 0.15) is 59.0 Å². The summed E-state index contributed by atoms with van der Waals surface area (Å²) in [6.45, 7) is 7.00. The Morgan fingerprint density at radius 2 is 0.717 bits per heavy atom. The Hall–Kier alpha value is -1.30. The zero-order chi connectivity index (χ0) is 44.3. The van der Waals surface area contributed by atoms with Crippen molar-refractivity contribution in [2.75, 3.05) is 85.9 Å². The number of unbranched alkanes of at least 4 members (excludes halogenated alkanes) is 28. The maximum Gasteiger partial charge on any atom is 0.305 e. The third-order valence-electron chi connectivity index (χ3n) is 12.7. The van der Waals surface area contributed by atoms with E-state index in [0.717, 1.165) is 38.5 Å². The van der Waals surface area contributed by atoms with Crippen LogP contribution >= 0.6 is 0 Å². The number of aliphatic hydroxyl groups excluding tert-OH is 4. The molecule has 0 aliphatic rings. The number of carbonyl (C=O) groups is 2. The smallest absolute Gasteiger partial charge is 0.305 e. The Kier molecular flexibility index (Phi) is 42.0. The number of quaternary nitrogens is 2. The summed E-state index contributed by atoms with van der Waals surface area (Å²) in [4.78, 5) is 25.0. The third-order valence-corrected chi connectivity index (χ3v) is 12.7. The summed E-state index contributed by atoms with van der Waals surface area (Å²) in [5.41, 5.74) is 0. The van der Waals surface area contributed by atoms with E-state index in [1.807, 2.05) is 7.05 Å². The molecule has 0 amide bonds. The highest BCUT2D eigenvalue weighted by Gasteiger charge is 2.34. The van der Waals surface area contributed by atoms with Crippen LogP contribution < -0.4 is 0 Å². The van der Waals surface area contributed by atoms with Crippen molar-refractivity contribution in [3.8, 4) is 0 Å². The van der Waals surface area contributed by atoms with Gasteiger partial charge in [0, 0.05) is 12.8 Å². The predicted octanol–water partition coefficient (Wildman–Crippen LogP) is 10.2. The van der Waals surface area contributed by atoms with E-state index in [0.29, 0.717) is 56.6 Å². The quantitative estimate of drug-likeness (QED) is 0.0270. The molecule has 0 aliphatic carbocycles. The lowest BCUT2D eigenvalue weighted by Crippen LogP contribution is -2.60. The van der Waals surface area contributed by atoms with Gasteiger partial charge in [0.05, 0.1) is 26.9 Å². The molecule has 358 valence electrons. The van der Waals surface area contributed by atoms with Crippen molar-refractivity contribution in [1.29, 1.82) is 0 Å². The standard InChI is InChI=1S/C50H102N2O8/c1-4-6-8-10-12-14-16-18-20-22-24-26-28-30-32-34-49(57)59-44-39-51(3,36-41-53)46-48(56)47-52(37-42-54,38-43-55)40-45-60-50(58)35-33-31-29-27-25-23-21-19-17-15-13-11-9-7-5-2/h48,53-56H,4-47H2,1-3H3/q+2. The number of aliphatic hydroxyl groups is 4. The van der Waals surface area contributed by atoms with Gasteiger partial charge in [-0.05, 0) is 12.8 Å². The van der Waals surface area contributed by atoms with E-state index < -0.39 is 6.10 Å². The average Bonchev–Trinajstić information content (AvgIpc) is 3.21. The topological polar surface area (TPSA) is 134 Å². The molecule has 0 aromatic carbocycles. The van der Waals surface area contributed by atoms with Crippen LogP contribution in [0.25, 0.3) is 0 Å². The number of rotatable bonds is 48. The number of hydrogen-bond donors (Lipinski definition) is 4. The molecular formula is C50H102N2O8+2. The summed E-state index contributed by atoms with van der Waals surface area (Å²) in [6, 6.07) is 0. The summed E-state index contributed by atoms with van der Waals surface area (Å²) >= 11 is 0. The highest BCUT2D eigenvalue weighted by atomic mass is 16.5. The third kappa shape index (κ3) is 37.3. The lowest BCUT2D eigenvalue weighted by atomic mass is 10.0. The maximum atomic E-state index is 12.6. The monoisotopic (exact) mass is 859 g/mol. The van der Waals surface area contributed by atoms with Gasteiger partial charge in [-0.25, -0.2) is 0 Å². The molecule has 0 rings (SSSR count). The van der Waals surface area contributed by atoms with Crippen molar-refractivity contribution in [2.24, 2.45) is 0 Å². The highest BCUT2D eigenvalue weighted by molar-refractivity contribution is 5.69. The Bertz CT molecular complexity index is 934. The number of hydrogen-bond acceptors (Lipinski definition) is 8. The van der Waals surface area contributed by atoms with Gasteiger partial charge in [-0.1, -0.05) is 194 Å². The predicted molar refractivity (Wildman–Crippen MR) is 249 cm³/mol. The fourth-order valence-corrected chi connectivity index (χ4v) is 8.74. The summed E-state index contributed by atoms with van der Waals surface area (Å²) in [6.07, 6.45) is 38.3. The summed E-state index contributed by atoms with van der Waals surface area (Å²) in [5.74, 6) is -0.422. The van der Waals surface area contributed by atoms with E-state index in [1.165, 1.54) is 154 Å². The van der Waals surface area contributed by atoms with Gasteiger partial charge in [-0.15, -0.1) is 0 Å². The van der Waals surface area contributed by atoms with Gasteiger partial charge in [0.2, 0.25) is 0 Å². The molecule has 0 bridgehead atoms. The molecule has 0 fully saturated rings. The molecule has 10 nitrogen and oxygen atoms in total. The zero-order valence-corrected chi connectivity index (χ0v) is 40.0. The minimum Gasteiger partial charge on any atom is -0.460 e. The molecule has 0 spiro atoms. The van der Waals surface area contributed by atoms with Gasteiger partial charge >= 0.3 is 11.9 Å². The molecule has 0 saturated heterocycles. The Morgan fingerprint density at radius 1 is 0.417 bits per heavy atom. The Labute approximate surface area is 370 Å². The van der Waals surface area contributed by atoms with Crippen molar-refractivity contribution in [2.45, 2.75) is 225 Å². The maximum absolute atomic E-state index is 12.6. The minimum atomic E-state index is -0.813. The van der Waals surface area contributed by atoms with Crippen LogP contribution in [0.2, 0.25) is 0 Å². The van der Waals surface area contributed by atoms with E-state index >= 15 is 0 Å². The molecule has 0 aromatic rings. The molecule has 0 aliphatic heterocycles. The average molecular weight is 859 g/mol. The van der Waals surface area contributed by atoms with Gasteiger partial charge in [0.25, 0.3) is 0 Å². The summed E-state index contributed by atoms with van der Waals surface area (Å²) < 4.78 is 11.7. The largest absolute Gasteiger partial charge is 0.460 e. The number of likely N-dealkylation sites (N-methyl/N-ethyl adjacent to an activating group) is 1. The van der Waals surface area contributed by atoms with Crippen LogP contribution in [-0.2, 0) is 19.1 Å². The van der Waals surface area contributed by atoms with Gasteiger partial charge in [-0.2, -0.15) is 0 Å². The van der Waals surface area contributed by atoms with Crippen LogP contribution in [0.15, 0.2) is 0 Å². The van der Waals surface area contributed by atoms with Crippen molar-refractivity contribution in [3.05, 3.63) is 0 Å². The van der Waals surface area contributed by atoms with Gasteiger partial charge in [-0.3, -0.25) is 9.59 Å². The molecule has 0 saturated carbocycles. The molecular weight excluding hydrogens is 757 g/mol. The second-order valence-electron chi connectivity index (χ2n) is 18.6. The van der Waals surface area contributed by atoms with Crippen LogP contribution in [-0.4, -0.2) is 133 Å². The van der Waals surface area contributed by atoms with Crippen LogP contribution in [0, 0.1) is 0 Å². The fourth-order valence-electron chi connectivity index (χ4n) is 8.74. The van der Waals surface area contributed by atoms with Crippen LogP contribution in [0.1, 0.15) is 219 Å². The summed E-state index contributed by atoms with van der Waals surface area (Å²) in [7, 11) is 1.94. The molecule has 60 heavy (non-hydrogen) atoms. The first-order chi connectivity index (χ1) is 29.2. The molecule has 0 heterocycles. The molecule has 2 unspecified atom stereocenters. The highest BCUT2D eigenvalue weighted by Crippen LogP contribution is 2.17. The first kappa shape index (κ1) is 58.7. The van der Waals surface area contributed by atoms with Crippen LogP contribution in [0.4, 0.5) is 0 Å². The molecule has 0 aromatic heterocycles. The first-order valence-corrected chi connectivity index (χ1v) is 25.7. The number of carbonyl (C=O) groups excluding carboxylic acids is 2. The zero-order valence-electron chi connectivity index (χ0n) is 40.0. The van der Waals surface area contributed by atoms with Crippen molar-refractivity contribution in [1.82, 2.24) is 0 Å². The second-order valence-corrected chi connectivity index (χ2v) is 18.6. The lowest BCUT2D eigenvalue weighted by molar-refractivity contribution is -0.944. The van der Waals surface area contributed by atoms with Crippen LogP contribution in [0.3, 0.4) is 0 Å². The second kappa shape index (κ2) is 43.0. The van der Waals surface area contributed by atoms with Crippen molar-refractivity contribution < 1.29 is 48.5 Å². The van der Waals surface area contributed by atoms with E-state index in [9.17, 15) is 30.0 Å². The van der Waals surface area contributed by atoms with E-state index in [2.05, 4.69) is 13.8 Å². The SMILES string of the molecule is CCCCCCCCCCCCCCCCCC(=O)OCC[N+](C)(CCO)CC(O)C[N+](CCO)(CCO)CCOC(=O)CCCCCCCCCCCCCCCCC. The number of esters is 2. The lowest BCUT2D eigenvalue weighted by Gasteiger charge is -2.41. The van der Waals surface area contributed by atoms with E-state index in [-0.39, 0.29) is 56.0 Å². The first-order valence-electron chi connectivity index (χ1n) is 25.7. The van der Waals surface area contributed by atoms with Crippen molar-refractivity contribution in [3.63, 3.8) is 0 Å². The Morgan fingerprint density at radius 3 is 1.03 bits per heavy atom. The Balaban J connectivity index is 4.35. The molecule has 2 atom stereocenters. The fraction of sp³-hybridized carbons (Fsp3) is 0.960. The van der Waals surface area contributed by atoms with Gasteiger partial charge in [0.15, 0.2) is 6.10 Å². The van der Waals surface area contributed by atoms with E-state index in [1.54, 1.807) is 0 Å². The normalized spacial score (nSPS) is 13.4. The van der Waals surface area contributed by atoms with E-state index in [4.69, 9.17) is 9.47 Å². The van der Waals surface area contributed by atoms with Gasteiger partial charge < -0.3 is 38.9 Å².